The smallest absolute Gasteiger partial charge is 0.208 e. The third kappa shape index (κ3) is 5.82. The fourth-order valence-electron chi connectivity index (χ4n) is 1.32. The quantitative estimate of drug-likeness (QED) is 0.665. The van der Waals surface area contributed by atoms with Gasteiger partial charge in [0, 0.05) is 20.1 Å². The molecule has 0 fully saturated rings. The van der Waals surface area contributed by atoms with Crippen LogP contribution < -0.4 is 15.4 Å². The van der Waals surface area contributed by atoms with Crippen molar-refractivity contribution in [3.05, 3.63) is 16.1 Å². The summed E-state index contributed by atoms with van der Waals surface area (Å²) in [6.45, 7) is 0.899. The number of nitrogens with one attached hydrogen (secondary N) is 3. The Labute approximate surface area is 122 Å². The van der Waals surface area contributed by atoms with Gasteiger partial charge in [0.15, 0.2) is 0 Å². The molecule has 1 heterocycles. The molecular weight excluding hydrogens is 311 g/mol. The SMILES string of the molecule is CNc1nc(NCCCNS(C)(=O)=O)c(Cl)cc1Cl. The second-order valence-corrected chi connectivity index (χ2v) is 6.49. The Morgan fingerprint density at radius 2 is 1.84 bits per heavy atom. The van der Waals surface area contributed by atoms with Crippen LogP contribution in [0.2, 0.25) is 10.0 Å². The monoisotopic (exact) mass is 326 g/mol. The van der Waals surface area contributed by atoms with Crippen LogP contribution in [0, 0.1) is 0 Å². The second-order valence-electron chi connectivity index (χ2n) is 3.85. The molecule has 0 aromatic carbocycles. The van der Waals surface area contributed by atoms with E-state index in [0.29, 0.717) is 41.2 Å². The van der Waals surface area contributed by atoms with Crippen LogP contribution in [0.25, 0.3) is 0 Å². The molecule has 0 unspecified atom stereocenters. The highest BCUT2D eigenvalue weighted by atomic mass is 35.5. The van der Waals surface area contributed by atoms with Crippen molar-refractivity contribution in [3.8, 4) is 0 Å². The lowest BCUT2D eigenvalue weighted by Crippen LogP contribution is -2.24. The van der Waals surface area contributed by atoms with E-state index in [2.05, 4.69) is 20.3 Å². The van der Waals surface area contributed by atoms with E-state index >= 15 is 0 Å². The van der Waals surface area contributed by atoms with Gasteiger partial charge in [0.25, 0.3) is 0 Å². The maximum Gasteiger partial charge on any atom is 0.208 e. The van der Waals surface area contributed by atoms with E-state index in [0.717, 1.165) is 6.26 Å². The third-order valence-corrected chi connectivity index (χ3v) is 3.48. The van der Waals surface area contributed by atoms with Crippen LogP contribution in [0.1, 0.15) is 6.42 Å². The Balaban J connectivity index is 2.49. The number of nitrogens with zero attached hydrogens (tertiary/aromatic N) is 1. The van der Waals surface area contributed by atoms with Crippen LogP contribution in [0.3, 0.4) is 0 Å². The number of aromatic nitrogens is 1. The first kappa shape index (κ1) is 16.3. The molecule has 0 spiro atoms. The molecule has 19 heavy (non-hydrogen) atoms. The van der Waals surface area contributed by atoms with E-state index in [9.17, 15) is 8.42 Å². The van der Waals surface area contributed by atoms with Gasteiger partial charge in [-0.1, -0.05) is 23.2 Å². The molecule has 0 radical (unpaired) electrons. The van der Waals surface area contributed by atoms with Crippen LogP contribution in [0.4, 0.5) is 11.6 Å². The van der Waals surface area contributed by atoms with Crippen molar-refractivity contribution in [3.63, 3.8) is 0 Å². The predicted molar refractivity (Wildman–Crippen MR) is 79.8 cm³/mol. The fourth-order valence-corrected chi connectivity index (χ4v) is 2.35. The number of rotatable bonds is 7. The van der Waals surface area contributed by atoms with Crippen LogP contribution in [0.15, 0.2) is 6.07 Å². The molecule has 0 saturated carbocycles. The minimum absolute atomic E-state index is 0.357. The lowest BCUT2D eigenvalue weighted by atomic mass is 10.4. The predicted octanol–water partition coefficient (Wildman–Crippen LogP) is 1.78. The Hall–Kier alpha value is -0.760. The molecule has 0 aliphatic rings. The van der Waals surface area contributed by atoms with E-state index in [4.69, 9.17) is 23.2 Å². The minimum atomic E-state index is -3.14. The van der Waals surface area contributed by atoms with Crippen LogP contribution >= 0.6 is 23.2 Å². The van der Waals surface area contributed by atoms with Crippen molar-refractivity contribution in [2.45, 2.75) is 6.42 Å². The van der Waals surface area contributed by atoms with Crippen molar-refractivity contribution in [1.82, 2.24) is 9.71 Å². The normalized spacial score (nSPS) is 11.4. The second kappa shape index (κ2) is 7.14. The van der Waals surface area contributed by atoms with Crippen molar-refractivity contribution < 1.29 is 8.42 Å². The third-order valence-electron chi connectivity index (χ3n) is 2.18. The zero-order chi connectivity index (χ0) is 14.5. The van der Waals surface area contributed by atoms with Gasteiger partial charge in [0.2, 0.25) is 10.0 Å². The molecule has 9 heteroatoms. The van der Waals surface area contributed by atoms with Crippen LogP contribution in [0.5, 0.6) is 0 Å². The van der Waals surface area contributed by atoms with Crippen molar-refractivity contribution in [2.75, 3.05) is 37.0 Å². The average molecular weight is 327 g/mol. The Morgan fingerprint density at radius 3 is 2.42 bits per heavy atom. The fraction of sp³-hybridized carbons (Fsp3) is 0.500. The molecular formula is C10H16Cl2N4O2S. The summed E-state index contributed by atoms with van der Waals surface area (Å²) >= 11 is 11.9. The molecule has 1 aromatic rings. The summed E-state index contributed by atoms with van der Waals surface area (Å²) in [6.07, 6.45) is 1.74. The van der Waals surface area contributed by atoms with E-state index in [-0.39, 0.29) is 0 Å². The molecule has 108 valence electrons. The lowest BCUT2D eigenvalue weighted by molar-refractivity contribution is 0.586. The summed E-state index contributed by atoms with van der Waals surface area (Å²) in [5.41, 5.74) is 0. The Bertz CT molecular complexity index is 537. The Kier molecular flexibility index (Phi) is 6.12. The van der Waals surface area contributed by atoms with Gasteiger partial charge in [-0.05, 0) is 12.5 Å². The molecule has 0 aliphatic heterocycles. The number of halogens is 2. The number of hydrogen-bond donors (Lipinski definition) is 3. The van der Waals surface area contributed by atoms with Gasteiger partial charge in [-0.2, -0.15) is 0 Å². The first-order valence-corrected chi connectivity index (χ1v) is 8.20. The summed E-state index contributed by atoms with van der Waals surface area (Å²) in [5.74, 6) is 1.04. The summed E-state index contributed by atoms with van der Waals surface area (Å²) in [4.78, 5) is 4.21. The highest BCUT2D eigenvalue weighted by Crippen LogP contribution is 2.28. The standard InChI is InChI=1S/C10H16Cl2N4O2S/c1-13-9-7(11)6-8(12)10(16-9)14-4-3-5-15-19(2,17)18/h6,15H,3-5H2,1-2H3,(H2,13,14,16). The molecule has 1 aromatic heterocycles. The van der Waals surface area contributed by atoms with E-state index < -0.39 is 10.0 Å². The van der Waals surface area contributed by atoms with Crippen LogP contribution in [-0.2, 0) is 10.0 Å². The van der Waals surface area contributed by atoms with E-state index in [1.54, 1.807) is 13.1 Å². The maximum absolute atomic E-state index is 10.9. The lowest BCUT2D eigenvalue weighted by Gasteiger charge is -2.10. The van der Waals surface area contributed by atoms with Crippen LogP contribution in [-0.4, -0.2) is 39.8 Å². The topological polar surface area (TPSA) is 83.1 Å². The van der Waals surface area contributed by atoms with Gasteiger partial charge in [0.05, 0.1) is 16.3 Å². The van der Waals surface area contributed by atoms with Gasteiger partial charge < -0.3 is 10.6 Å². The van der Waals surface area contributed by atoms with Gasteiger partial charge in [-0.25, -0.2) is 18.1 Å². The van der Waals surface area contributed by atoms with Gasteiger partial charge in [0.1, 0.15) is 11.6 Å². The zero-order valence-corrected chi connectivity index (χ0v) is 13.0. The first-order chi connectivity index (χ1) is 8.83. The minimum Gasteiger partial charge on any atom is -0.372 e. The number of anilines is 2. The molecule has 0 atom stereocenters. The largest absolute Gasteiger partial charge is 0.372 e. The van der Waals surface area contributed by atoms with Crippen molar-refractivity contribution in [1.29, 1.82) is 0 Å². The zero-order valence-electron chi connectivity index (χ0n) is 10.6. The first-order valence-electron chi connectivity index (χ1n) is 5.56. The van der Waals surface area contributed by atoms with E-state index in [1.807, 2.05) is 0 Å². The molecule has 0 amide bonds. The molecule has 0 bridgehead atoms. The number of hydrogen-bond acceptors (Lipinski definition) is 5. The average Bonchev–Trinajstić information content (AvgIpc) is 2.29. The summed E-state index contributed by atoms with van der Waals surface area (Å²) in [5, 5.41) is 6.73. The number of pyridine rings is 1. The maximum atomic E-state index is 10.9. The van der Waals surface area contributed by atoms with Gasteiger partial charge in [-0.15, -0.1) is 0 Å². The number of sulfonamides is 1. The highest BCUT2D eigenvalue weighted by molar-refractivity contribution is 7.88. The van der Waals surface area contributed by atoms with Crippen molar-refractivity contribution in [2.24, 2.45) is 0 Å². The highest BCUT2D eigenvalue weighted by Gasteiger charge is 2.07. The summed E-state index contributed by atoms with van der Waals surface area (Å²) in [6, 6.07) is 1.60. The van der Waals surface area contributed by atoms with Crippen molar-refractivity contribution >= 4 is 44.9 Å². The van der Waals surface area contributed by atoms with Gasteiger partial charge in [-0.3, -0.25) is 0 Å². The molecule has 6 nitrogen and oxygen atoms in total. The molecule has 0 aliphatic carbocycles. The van der Waals surface area contributed by atoms with Gasteiger partial charge >= 0.3 is 0 Å². The molecule has 0 saturated heterocycles. The van der Waals surface area contributed by atoms with E-state index in [1.165, 1.54) is 0 Å². The molecule has 3 N–H and O–H groups in total. The Morgan fingerprint density at radius 1 is 1.21 bits per heavy atom. The summed E-state index contributed by atoms with van der Waals surface area (Å²) in [7, 11) is -1.43. The summed E-state index contributed by atoms with van der Waals surface area (Å²) < 4.78 is 24.1. The molecule has 1 rings (SSSR count).